The molecule has 0 aliphatic carbocycles. The van der Waals surface area contributed by atoms with Crippen LogP contribution in [0.25, 0.3) is 0 Å². The van der Waals surface area contributed by atoms with Crippen LogP contribution in [0.4, 0.5) is 5.69 Å². The quantitative estimate of drug-likeness (QED) is 0.611. The fourth-order valence-electron chi connectivity index (χ4n) is 1.53. The average molecular weight is 301 g/mol. The SMILES string of the molecule is CCOC(=O)c1cccc(NS(=O)O)c1C(=O)OCC. The average Bonchev–Trinajstić information content (AvgIpc) is 2.38. The van der Waals surface area contributed by atoms with Gasteiger partial charge in [-0.05, 0) is 26.0 Å². The van der Waals surface area contributed by atoms with Gasteiger partial charge in [-0.15, -0.1) is 0 Å². The number of nitrogens with one attached hydrogen (secondary N) is 1. The summed E-state index contributed by atoms with van der Waals surface area (Å²) in [6.07, 6.45) is 0. The van der Waals surface area contributed by atoms with Crippen LogP contribution >= 0.6 is 0 Å². The second kappa shape index (κ2) is 7.61. The lowest BCUT2D eigenvalue weighted by molar-refractivity contribution is 0.0480. The normalized spacial score (nSPS) is 11.6. The molecule has 8 heteroatoms. The first-order valence-electron chi connectivity index (χ1n) is 5.86. The number of hydrogen-bond donors (Lipinski definition) is 2. The van der Waals surface area contributed by atoms with Crippen molar-refractivity contribution in [1.82, 2.24) is 0 Å². The van der Waals surface area contributed by atoms with E-state index in [4.69, 9.17) is 14.0 Å². The maximum Gasteiger partial charge on any atom is 0.341 e. The van der Waals surface area contributed by atoms with E-state index < -0.39 is 23.2 Å². The standard InChI is InChI=1S/C12H15NO6S/c1-3-18-11(14)8-6-5-7-9(13-20(16)17)10(8)12(15)19-4-2/h5-7,13H,3-4H2,1-2H3,(H,16,17). The topological polar surface area (TPSA) is 102 Å². The first kappa shape index (κ1) is 16.1. The van der Waals surface area contributed by atoms with Gasteiger partial charge in [-0.2, -0.15) is 0 Å². The highest BCUT2D eigenvalue weighted by atomic mass is 32.2. The smallest absolute Gasteiger partial charge is 0.341 e. The number of carbonyl (C=O) groups excluding carboxylic acids is 2. The molecule has 1 atom stereocenters. The van der Waals surface area contributed by atoms with Crippen LogP contribution in [0.2, 0.25) is 0 Å². The van der Waals surface area contributed by atoms with Crippen molar-refractivity contribution in [2.45, 2.75) is 13.8 Å². The lowest BCUT2D eigenvalue weighted by Gasteiger charge is -2.12. The predicted octanol–water partition coefficient (Wildman–Crippen LogP) is 1.59. The molecule has 110 valence electrons. The molecule has 1 aromatic carbocycles. The molecule has 0 radical (unpaired) electrons. The Hall–Kier alpha value is -1.93. The Balaban J connectivity index is 3.31. The van der Waals surface area contributed by atoms with Crippen LogP contribution < -0.4 is 4.72 Å². The van der Waals surface area contributed by atoms with E-state index in [1.165, 1.54) is 18.2 Å². The van der Waals surface area contributed by atoms with Gasteiger partial charge >= 0.3 is 11.9 Å². The molecular weight excluding hydrogens is 286 g/mol. The molecule has 0 heterocycles. The molecule has 0 spiro atoms. The highest BCUT2D eigenvalue weighted by Gasteiger charge is 2.23. The fourth-order valence-corrected chi connectivity index (χ4v) is 1.89. The molecule has 0 amide bonds. The summed E-state index contributed by atoms with van der Waals surface area (Å²) in [5.41, 5.74) is -0.134. The van der Waals surface area contributed by atoms with E-state index in [0.717, 1.165) is 0 Å². The number of rotatable bonds is 6. The predicted molar refractivity (Wildman–Crippen MR) is 72.7 cm³/mol. The maximum absolute atomic E-state index is 11.9. The summed E-state index contributed by atoms with van der Waals surface area (Å²) < 4.78 is 31.6. The minimum absolute atomic E-state index is 0.0230. The second-order valence-corrected chi connectivity index (χ2v) is 4.22. The zero-order valence-corrected chi connectivity index (χ0v) is 11.9. The fraction of sp³-hybridized carbons (Fsp3) is 0.333. The third-order valence-electron chi connectivity index (χ3n) is 2.24. The van der Waals surface area contributed by atoms with Gasteiger partial charge in [-0.25, -0.2) is 13.8 Å². The lowest BCUT2D eigenvalue weighted by Crippen LogP contribution is -2.17. The molecule has 0 aromatic heterocycles. The molecule has 0 fully saturated rings. The van der Waals surface area contributed by atoms with Crippen LogP contribution in [0, 0.1) is 0 Å². The number of carbonyl (C=O) groups is 2. The van der Waals surface area contributed by atoms with Gasteiger partial charge in [0, 0.05) is 0 Å². The highest BCUT2D eigenvalue weighted by Crippen LogP contribution is 2.22. The van der Waals surface area contributed by atoms with Gasteiger partial charge in [0.2, 0.25) is 0 Å². The Morgan fingerprint density at radius 1 is 1.20 bits per heavy atom. The van der Waals surface area contributed by atoms with E-state index in [0.29, 0.717) is 0 Å². The molecule has 0 bridgehead atoms. The largest absolute Gasteiger partial charge is 0.462 e. The summed E-state index contributed by atoms with van der Waals surface area (Å²) >= 11 is -2.38. The molecule has 1 aromatic rings. The molecule has 0 saturated heterocycles. The monoisotopic (exact) mass is 301 g/mol. The molecular formula is C12H15NO6S. The third-order valence-corrected chi connectivity index (χ3v) is 2.63. The summed E-state index contributed by atoms with van der Waals surface area (Å²) in [5.74, 6) is -1.48. The highest BCUT2D eigenvalue weighted by molar-refractivity contribution is 7.80. The summed E-state index contributed by atoms with van der Waals surface area (Å²) in [6.45, 7) is 3.50. The Morgan fingerprint density at radius 2 is 1.80 bits per heavy atom. The number of hydrogen-bond acceptors (Lipinski definition) is 5. The second-order valence-electron chi connectivity index (χ2n) is 3.52. The van der Waals surface area contributed by atoms with Crippen molar-refractivity contribution in [3.8, 4) is 0 Å². The maximum atomic E-state index is 11.9. The number of ether oxygens (including phenoxy) is 2. The summed E-state index contributed by atoms with van der Waals surface area (Å²) in [4.78, 5) is 23.7. The lowest BCUT2D eigenvalue weighted by atomic mass is 10.1. The van der Waals surface area contributed by atoms with Crippen molar-refractivity contribution in [3.05, 3.63) is 29.3 Å². The molecule has 1 rings (SSSR count). The van der Waals surface area contributed by atoms with Crippen molar-refractivity contribution in [2.24, 2.45) is 0 Å². The van der Waals surface area contributed by atoms with Crippen LogP contribution in [-0.2, 0) is 20.7 Å². The minimum Gasteiger partial charge on any atom is -0.462 e. The summed E-state index contributed by atoms with van der Waals surface area (Å²) in [7, 11) is 0. The number of benzene rings is 1. The van der Waals surface area contributed by atoms with Crippen molar-refractivity contribution in [2.75, 3.05) is 17.9 Å². The third kappa shape index (κ3) is 4.04. The number of esters is 2. The molecule has 0 saturated carbocycles. The first-order valence-corrected chi connectivity index (χ1v) is 6.96. The van der Waals surface area contributed by atoms with Gasteiger partial charge in [-0.3, -0.25) is 9.27 Å². The Morgan fingerprint density at radius 3 is 2.35 bits per heavy atom. The first-order chi connectivity index (χ1) is 9.51. The van der Waals surface area contributed by atoms with Crippen molar-refractivity contribution < 1.29 is 27.8 Å². The van der Waals surface area contributed by atoms with E-state index in [-0.39, 0.29) is 30.0 Å². The van der Waals surface area contributed by atoms with Crippen LogP contribution in [-0.4, -0.2) is 33.9 Å². The minimum atomic E-state index is -2.38. The molecule has 0 aliphatic heterocycles. The summed E-state index contributed by atoms with van der Waals surface area (Å²) in [5, 5.41) is 0. The van der Waals surface area contributed by atoms with Gasteiger partial charge < -0.3 is 9.47 Å². The van der Waals surface area contributed by atoms with Crippen molar-refractivity contribution in [3.63, 3.8) is 0 Å². The van der Waals surface area contributed by atoms with Crippen LogP contribution in [0.3, 0.4) is 0 Å². The van der Waals surface area contributed by atoms with Crippen molar-refractivity contribution >= 4 is 28.9 Å². The Labute approximate surface area is 118 Å². The van der Waals surface area contributed by atoms with Gasteiger partial charge in [-0.1, -0.05) is 6.07 Å². The summed E-state index contributed by atoms with van der Waals surface area (Å²) in [6, 6.07) is 4.24. The van der Waals surface area contributed by atoms with Gasteiger partial charge in [0.05, 0.1) is 30.0 Å². The van der Waals surface area contributed by atoms with E-state index in [2.05, 4.69) is 4.72 Å². The van der Waals surface area contributed by atoms with E-state index in [9.17, 15) is 13.8 Å². The van der Waals surface area contributed by atoms with E-state index in [1.807, 2.05) is 0 Å². The molecule has 7 nitrogen and oxygen atoms in total. The molecule has 1 unspecified atom stereocenters. The zero-order chi connectivity index (χ0) is 15.1. The molecule has 20 heavy (non-hydrogen) atoms. The molecule has 0 aliphatic rings. The van der Waals surface area contributed by atoms with E-state index >= 15 is 0 Å². The Kier molecular flexibility index (Phi) is 6.13. The van der Waals surface area contributed by atoms with Crippen molar-refractivity contribution in [1.29, 1.82) is 0 Å². The van der Waals surface area contributed by atoms with Gasteiger partial charge in [0.15, 0.2) is 0 Å². The van der Waals surface area contributed by atoms with Gasteiger partial charge in [0.25, 0.3) is 11.3 Å². The molecule has 2 N–H and O–H groups in total. The zero-order valence-electron chi connectivity index (χ0n) is 11.0. The van der Waals surface area contributed by atoms with E-state index in [1.54, 1.807) is 13.8 Å². The van der Waals surface area contributed by atoms with Gasteiger partial charge in [0.1, 0.15) is 0 Å². The van der Waals surface area contributed by atoms with Crippen LogP contribution in [0.5, 0.6) is 0 Å². The Bertz CT molecular complexity index is 531. The van der Waals surface area contributed by atoms with Crippen LogP contribution in [0.1, 0.15) is 34.6 Å². The van der Waals surface area contributed by atoms with Crippen LogP contribution in [0.15, 0.2) is 18.2 Å². The number of anilines is 1.